The van der Waals surface area contributed by atoms with Gasteiger partial charge in [-0.1, -0.05) is 72.8 Å². The predicted molar refractivity (Wildman–Crippen MR) is 178 cm³/mol. The molecule has 0 radical (unpaired) electrons. The zero-order chi connectivity index (χ0) is 31.0. The van der Waals surface area contributed by atoms with Gasteiger partial charge in [0.1, 0.15) is 6.04 Å². The molecule has 0 saturated carbocycles. The summed E-state index contributed by atoms with van der Waals surface area (Å²) in [6.45, 7) is 6.57. The van der Waals surface area contributed by atoms with E-state index in [2.05, 4.69) is 52.3 Å². The van der Waals surface area contributed by atoms with Gasteiger partial charge in [-0.05, 0) is 65.4 Å². The number of hydrogen-bond donors (Lipinski definition) is 0. The third kappa shape index (κ3) is 7.67. The molecule has 230 valence electrons. The summed E-state index contributed by atoms with van der Waals surface area (Å²) in [5.41, 5.74) is 7.32. The summed E-state index contributed by atoms with van der Waals surface area (Å²) in [5, 5.41) is 0. The average Bonchev–Trinajstić information content (AvgIpc) is 3.10. The molecule has 3 heterocycles. The first-order valence-corrected chi connectivity index (χ1v) is 15.8. The summed E-state index contributed by atoms with van der Waals surface area (Å²) < 4.78 is 5.52. The number of aromatic nitrogens is 1. The van der Waals surface area contributed by atoms with Crippen molar-refractivity contribution in [3.63, 3.8) is 0 Å². The first-order valence-electron chi connectivity index (χ1n) is 15.8. The van der Waals surface area contributed by atoms with Crippen LogP contribution in [0, 0.1) is 6.92 Å². The highest BCUT2D eigenvalue weighted by Crippen LogP contribution is 2.24. The molecule has 4 aromatic rings. The van der Waals surface area contributed by atoms with Gasteiger partial charge in [0.25, 0.3) is 0 Å². The predicted octanol–water partition coefficient (Wildman–Crippen LogP) is 5.46. The van der Waals surface area contributed by atoms with Crippen LogP contribution in [0.1, 0.15) is 33.5 Å². The molecule has 1 saturated heterocycles. The van der Waals surface area contributed by atoms with Crippen LogP contribution in [-0.4, -0.2) is 65.5 Å². The van der Waals surface area contributed by atoms with E-state index in [-0.39, 0.29) is 11.8 Å². The Balaban J connectivity index is 1.32. The Morgan fingerprint density at radius 3 is 2.33 bits per heavy atom. The Hall–Kier alpha value is -4.75. The monoisotopic (exact) mass is 600 g/mol. The maximum atomic E-state index is 14.5. The molecule has 6 rings (SSSR count). The van der Waals surface area contributed by atoms with Gasteiger partial charge in [-0.25, -0.2) is 0 Å². The molecule has 1 fully saturated rings. The van der Waals surface area contributed by atoms with Crippen LogP contribution in [0.4, 0.5) is 5.69 Å². The molecule has 45 heavy (non-hydrogen) atoms. The average molecular weight is 601 g/mol. The number of nitrogens with zero attached hydrogens (tertiary/aromatic N) is 4. The Labute approximate surface area is 265 Å². The number of amides is 2. The van der Waals surface area contributed by atoms with Crippen molar-refractivity contribution in [3.8, 4) is 0 Å². The fraction of sp³-hybridized carbons (Fsp3) is 0.289. The molecule has 0 N–H and O–H groups in total. The van der Waals surface area contributed by atoms with Gasteiger partial charge in [0.15, 0.2) is 0 Å². The molecule has 2 amide bonds. The first-order chi connectivity index (χ1) is 22.0. The molecule has 0 spiro atoms. The van der Waals surface area contributed by atoms with E-state index in [4.69, 9.17) is 4.74 Å². The van der Waals surface area contributed by atoms with E-state index >= 15 is 0 Å². The largest absolute Gasteiger partial charge is 0.378 e. The minimum absolute atomic E-state index is 0.0305. The number of aryl methyl sites for hydroxylation is 1. The topological polar surface area (TPSA) is 66.0 Å². The van der Waals surface area contributed by atoms with Crippen molar-refractivity contribution < 1.29 is 14.3 Å². The van der Waals surface area contributed by atoms with E-state index in [1.165, 1.54) is 11.1 Å². The molecule has 1 aromatic heterocycles. The molecule has 7 nitrogen and oxygen atoms in total. The number of carbonyl (C=O) groups excluding carboxylic acids is 2. The van der Waals surface area contributed by atoms with Crippen molar-refractivity contribution in [2.45, 2.75) is 38.9 Å². The Kier molecular flexibility index (Phi) is 9.66. The lowest BCUT2D eigenvalue weighted by atomic mass is 9.97. The van der Waals surface area contributed by atoms with Crippen molar-refractivity contribution in [1.82, 2.24) is 14.8 Å². The SMILES string of the molecule is Cc1ccc(/C=C/C(=O)N(Cc2ccc(N3CCOCC3)cc2)[C@@H](Cc2ccccc2)C(=O)N2CCc3ccccc3C2)cn1. The highest BCUT2D eigenvalue weighted by molar-refractivity contribution is 5.95. The summed E-state index contributed by atoms with van der Waals surface area (Å²) in [5.74, 6) is -0.239. The molecular weight excluding hydrogens is 560 g/mol. The third-order valence-electron chi connectivity index (χ3n) is 8.68. The number of benzene rings is 3. The molecule has 7 heteroatoms. The Morgan fingerprint density at radius 1 is 0.867 bits per heavy atom. The van der Waals surface area contributed by atoms with Crippen LogP contribution in [-0.2, 0) is 40.3 Å². The number of rotatable bonds is 9. The highest BCUT2D eigenvalue weighted by Gasteiger charge is 2.34. The number of pyridine rings is 1. The van der Waals surface area contributed by atoms with E-state index in [9.17, 15) is 9.59 Å². The number of anilines is 1. The van der Waals surface area contributed by atoms with E-state index in [1.807, 2.05) is 60.4 Å². The quantitative estimate of drug-likeness (QED) is 0.239. The lowest BCUT2D eigenvalue weighted by Gasteiger charge is -2.37. The van der Waals surface area contributed by atoms with Gasteiger partial charge in [0, 0.05) is 62.8 Å². The van der Waals surface area contributed by atoms with Gasteiger partial charge < -0.3 is 19.4 Å². The molecule has 3 aromatic carbocycles. The maximum Gasteiger partial charge on any atom is 0.247 e. The lowest BCUT2D eigenvalue weighted by Crippen LogP contribution is -2.52. The standard InChI is InChI=1S/C38H40N4O3/c1-29-11-12-31(26-39-29)15-18-37(43)42(27-32-13-16-35(17-14-32)40-21-23-45-24-22-40)36(25-30-7-3-2-4-8-30)38(44)41-20-19-33-9-5-6-10-34(33)28-41/h2-18,26,36H,19-25,27-28H2,1H3/b18-15+/t36-/m0/s1. The van der Waals surface area contributed by atoms with Crippen LogP contribution < -0.4 is 4.90 Å². The number of hydrogen-bond acceptors (Lipinski definition) is 5. The second-order valence-corrected chi connectivity index (χ2v) is 11.8. The summed E-state index contributed by atoms with van der Waals surface area (Å²) in [7, 11) is 0. The van der Waals surface area contributed by atoms with Gasteiger partial charge in [0.2, 0.25) is 11.8 Å². The van der Waals surface area contributed by atoms with Gasteiger partial charge in [-0.2, -0.15) is 0 Å². The van der Waals surface area contributed by atoms with Crippen LogP contribution in [0.3, 0.4) is 0 Å². The first kappa shape index (κ1) is 30.3. The number of morpholine rings is 1. The van der Waals surface area contributed by atoms with Gasteiger partial charge in [-0.15, -0.1) is 0 Å². The van der Waals surface area contributed by atoms with E-state index < -0.39 is 6.04 Å². The Bertz CT molecular complexity index is 1610. The van der Waals surface area contributed by atoms with Crippen LogP contribution in [0.15, 0.2) is 103 Å². The minimum Gasteiger partial charge on any atom is -0.378 e. The molecule has 2 aliphatic heterocycles. The van der Waals surface area contributed by atoms with Gasteiger partial charge in [-0.3, -0.25) is 14.6 Å². The van der Waals surface area contributed by atoms with Crippen molar-refractivity contribution >= 4 is 23.6 Å². The molecular formula is C38H40N4O3. The number of carbonyl (C=O) groups is 2. The third-order valence-corrected chi connectivity index (χ3v) is 8.68. The normalized spacial score (nSPS) is 15.5. The minimum atomic E-state index is -0.676. The van der Waals surface area contributed by atoms with Crippen LogP contribution in [0.25, 0.3) is 6.08 Å². The second kappa shape index (κ2) is 14.4. The molecule has 0 aliphatic carbocycles. The lowest BCUT2D eigenvalue weighted by molar-refractivity contribution is -0.144. The molecule has 2 aliphatic rings. The van der Waals surface area contributed by atoms with Crippen molar-refractivity contribution in [1.29, 1.82) is 0 Å². The van der Waals surface area contributed by atoms with Gasteiger partial charge >= 0.3 is 0 Å². The van der Waals surface area contributed by atoms with Gasteiger partial charge in [0.05, 0.1) is 13.2 Å². The van der Waals surface area contributed by atoms with E-state index in [0.29, 0.717) is 26.1 Å². The van der Waals surface area contributed by atoms with Crippen molar-refractivity contribution in [2.75, 3.05) is 37.7 Å². The van der Waals surface area contributed by atoms with Crippen LogP contribution in [0.5, 0.6) is 0 Å². The smallest absolute Gasteiger partial charge is 0.247 e. The Morgan fingerprint density at radius 2 is 1.60 bits per heavy atom. The molecule has 1 atom stereocenters. The summed E-state index contributed by atoms with van der Waals surface area (Å²) in [4.78, 5) is 39.0. The zero-order valence-corrected chi connectivity index (χ0v) is 25.8. The second-order valence-electron chi connectivity index (χ2n) is 11.8. The number of fused-ring (bicyclic) bond motifs is 1. The van der Waals surface area contributed by atoms with E-state index in [1.54, 1.807) is 23.2 Å². The molecule has 0 bridgehead atoms. The zero-order valence-electron chi connectivity index (χ0n) is 25.8. The molecule has 0 unspecified atom stereocenters. The van der Waals surface area contributed by atoms with Crippen molar-refractivity contribution in [2.24, 2.45) is 0 Å². The summed E-state index contributed by atoms with van der Waals surface area (Å²) in [6, 6.07) is 29.8. The van der Waals surface area contributed by atoms with E-state index in [0.717, 1.165) is 60.8 Å². The highest BCUT2D eigenvalue weighted by atomic mass is 16.5. The fourth-order valence-corrected chi connectivity index (χ4v) is 6.08. The summed E-state index contributed by atoms with van der Waals surface area (Å²) in [6.07, 6.45) is 6.34. The maximum absolute atomic E-state index is 14.5. The fourth-order valence-electron chi connectivity index (χ4n) is 6.08. The summed E-state index contributed by atoms with van der Waals surface area (Å²) >= 11 is 0. The van der Waals surface area contributed by atoms with Crippen LogP contribution in [0.2, 0.25) is 0 Å². The van der Waals surface area contributed by atoms with Crippen LogP contribution >= 0.6 is 0 Å². The van der Waals surface area contributed by atoms with Crippen molar-refractivity contribution in [3.05, 3.63) is 137 Å². The number of ether oxygens (including phenoxy) is 1.